The first-order valence-electron chi connectivity index (χ1n) is 43.4. The Morgan fingerprint density at radius 3 is 1.11 bits per heavy atom. The third kappa shape index (κ3) is 17.9. The standard InChI is InChI=1S/C32H36F2N3O5PS.C28H26BrF2N3O4S.C28H28F2N3O5PS.C4H11OP.FH/c1-4-7-15-42-31-29-32(39)35-14-16-41-18-26(35)37(36(29)17-24(30(31)38)43(40,5-2)6-3)28-20-12-13-23(33)27(34)22(20)19-44-25-11-9-8-10-21(25)28;1-2-3-11-38-27-25-28(36)32-10-12-37-14-22(32)34(33(25)13-19(29)26(27)35)24-16-8-9-20(30)23(31)18(16)15-39-21-7-5-4-6-17(21)24;1-3-39(37,4-2)20-13-32-25(27(35)26(20)34)28(36)31-11-12-38-14-22(31)33(32)24-16-9-10-19(29)23(30)18(16)15-40-21-8-6-5-7-17(21)24;1-3-6(5)4-2;/h8-13,17,26,28H,4-7,14-16,18-19H2,1-3H3;4-9,13,22,24H,2-3,10-12,14-15H2,1H3;5-10,13,22,24,35H,3-4,11-12,14-15H2,1-2H3;5H,3-4H2,1-2H3;1H/p-1/t26-,28?;2*22-,24?;;/m111../s1. The third-order valence-corrected chi connectivity index (χ3v) is 36.9. The van der Waals surface area contributed by atoms with Crippen LogP contribution < -0.4 is 56.1 Å². The van der Waals surface area contributed by atoms with Crippen LogP contribution in [0, 0.1) is 34.9 Å². The summed E-state index contributed by atoms with van der Waals surface area (Å²) < 4.78 is 152. The van der Waals surface area contributed by atoms with Gasteiger partial charge >= 0.3 is 0 Å². The maximum atomic E-state index is 15.5. The molecule has 130 heavy (non-hydrogen) atoms. The van der Waals surface area contributed by atoms with Crippen molar-refractivity contribution in [1.29, 1.82) is 0 Å². The topological polar surface area (TPSA) is 257 Å². The Balaban J connectivity index is 0.000000152. The zero-order chi connectivity index (χ0) is 91.8. The SMILES string of the molecule is CCCCOc1c2n(cc(Br)c1=O)N(C1c3ccccc3SCc3c1ccc(F)c3F)[C@@H]1COCCN1C2=O.CCCCOc1c2n(cc(P(=O)(CC)CC)c1=O)N(C1c3ccccc3SCc3c1ccc(F)c3F)[C@@H]1COCCN1C2=O.CCP(=O)(CC)c1cn2c(c(O)c1=O)C(=O)N1CCOC[C@H]1N2C1c2ccccc2SCc2c1ccc(F)c2F.CCP(O)CC.[F-]. The molecule has 9 aliphatic heterocycles. The summed E-state index contributed by atoms with van der Waals surface area (Å²) in [7, 11) is -6.96. The number of pyridine rings is 3. The van der Waals surface area contributed by atoms with Gasteiger partial charge in [-0.3, -0.25) is 57.8 Å². The minimum absolute atomic E-state index is 0. The van der Waals surface area contributed by atoms with E-state index in [1.165, 1.54) is 63.3 Å². The Morgan fingerprint density at radius 2 is 0.769 bits per heavy atom. The Kier molecular flexibility index (Phi) is 30.9. The number of nitrogens with zero attached hydrogens (tertiary/aromatic N) is 9. The van der Waals surface area contributed by atoms with Crippen LogP contribution in [0.5, 0.6) is 17.2 Å². The maximum absolute atomic E-state index is 15.5. The van der Waals surface area contributed by atoms with E-state index in [4.69, 9.17) is 28.6 Å². The van der Waals surface area contributed by atoms with E-state index in [1.54, 1.807) is 70.2 Å². The molecule has 0 spiro atoms. The summed E-state index contributed by atoms with van der Waals surface area (Å²) in [5, 5.41) is 16.9. The molecule has 2 N–H and O–H groups in total. The maximum Gasteiger partial charge on any atom is 0.278 e. The van der Waals surface area contributed by atoms with Gasteiger partial charge in [0.2, 0.25) is 16.3 Å². The molecule has 0 saturated carbocycles. The number of unbranched alkanes of at least 4 members (excludes halogenated alkanes) is 2. The lowest BCUT2D eigenvalue weighted by Crippen LogP contribution is -3.00. The largest absolute Gasteiger partial charge is 1.00 e. The lowest BCUT2D eigenvalue weighted by atomic mass is 9.93. The van der Waals surface area contributed by atoms with E-state index in [9.17, 15) is 56.2 Å². The number of benzene rings is 6. The molecule has 3 amide bonds. The number of ether oxygens (including phenoxy) is 5. The average Bonchev–Trinajstić information content (AvgIpc) is 0.991. The lowest BCUT2D eigenvalue weighted by Gasteiger charge is -2.51. The van der Waals surface area contributed by atoms with E-state index >= 15 is 13.2 Å². The number of morpholine rings is 3. The van der Waals surface area contributed by atoms with E-state index in [1.807, 2.05) is 111 Å². The molecule has 0 bridgehead atoms. The summed E-state index contributed by atoms with van der Waals surface area (Å²) in [6, 6.07) is 28.9. The van der Waals surface area contributed by atoms with Crippen molar-refractivity contribution in [3.8, 4) is 17.2 Å². The van der Waals surface area contributed by atoms with E-state index < -0.39 is 128 Å². The average molecular weight is 1970 g/mol. The Labute approximate surface area is 770 Å². The fourth-order valence-electron chi connectivity index (χ4n) is 17.9. The van der Waals surface area contributed by atoms with Gasteiger partial charge in [0.15, 0.2) is 69.2 Å². The molecule has 9 aliphatic rings. The van der Waals surface area contributed by atoms with Crippen molar-refractivity contribution in [1.82, 2.24) is 28.7 Å². The number of amides is 3. The second-order valence-corrected chi connectivity index (χ2v) is 45.2. The monoisotopic (exact) mass is 1970 g/mol. The fraction of sp³-hybridized carbons (Fsp3) is 0.413. The highest BCUT2D eigenvalue weighted by Crippen LogP contribution is 2.52. The van der Waals surface area contributed by atoms with Gasteiger partial charge < -0.3 is 62.2 Å². The first-order valence-corrected chi connectivity index (χ1v) is 52.9. The van der Waals surface area contributed by atoms with Gasteiger partial charge in [-0.05, 0) is 111 Å². The summed E-state index contributed by atoms with van der Waals surface area (Å²) in [5.41, 5.74) is 2.86. The Bertz CT molecular complexity index is 6110. The van der Waals surface area contributed by atoms with Crippen molar-refractivity contribution in [2.24, 2.45) is 0 Å². The highest BCUT2D eigenvalue weighted by molar-refractivity contribution is 9.10. The highest BCUT2D eigenvalue weighted by atomic mass is 79.9. The Hall–Kier alpha value is -8.85. The van der Waals surface area contributed by atoms with Crippen LogP contribution in [0.25, 0.3) is 0 Å². The van der Waals surface area contributed by atoms with E-state index in [0.29, 0.717) is 42.9 Å². The molecule has 12 heterocycles. The molecule has 0 aliphatic carbocycles. The van der Waals surface area contributed by atoms with Gasteiger partial charge in [0.25, 0.3) is 17.7 Å². The molecule has 38 heteroatoms. The van der Waals surface area contributed by atoms with Gasteiger partial charge in [0.05, 0.1) is 86.1 Å². The number of aromatic nitrogens is 3. The number of halogens is 8. The zero-order valence-corrected chi connectivity index (χ0v) is 79.6. The summed E-state index contributed by atoms with van der Waals surface area (Å²) in [5.74, 6) is -7.13. The quantitative estimate of drug-likeness (QED) is 0.0433. The van der Waals surface area contributed by atoms with Crippen LogP contribution in [0.3, 0.4) is 0 Å². The van der Waals surface area contributed by atoms with Crippen LogP contribution >= 0.6 is 73.6 Å². The fourth-order valence-corrected chi connectivity index (χ4v) is 25.9. The molecule has 6 aromatic carbocycles. The van der Waals surface area contributed by atoms with Crippen molar-refractivity contribution in [2.75, 3.05) is 124 Å². The van der Waals surface area contributed by atoms with Crippen molar-refractivity contribution < 1.29 is 88.2 Å². The molecule has 6 atom stereocenters. The van der Waals surface area contributed by atoms with Gasteiger partial charge in [-0.25, -0.2) is 26.3 Å². The van der Waals surface area contributed by atoms with Crippen LogP contribution in [0.4, 0.5) is 26.3 Å². The number of hydrogen-bond donors (Lipinski definition) is 2. The molecule has 3 aromatic heterocycles. The van der Waals surface area contributed by atoms with Crippen molar-refractivity contribution in [2.45, 2.75) is 150 Å². The molecule has 0 radical (unpaired) electrons. The number of hydrogen-bond acceptors (Lipinski definition) is 21. The summed E-state index contributed by atoms with van der Waals surface area (Å²) >= 11 is 7.61. The van der Waals surface area contributed by atoms with E-state index in [2.05, 4.69) is 15.9 Å². The van der Waals surface area contributed by atoms with E-state index in [0.717, 1.165) is 81.2 Å². The van der Waals surface area contributed by atoms with E-state index in [-0.39, 0.29) is 166 Å². The van der Waals surface area contributed by atoms with Gasteiger partial charge in [-0.1, -0.05) is 141 Å². The lowest BCUT2D eigenvalue weighted by molar-refractivity contribution is -0.0199. The second-order valence-electron chi connectivity index (χ2n) is 31.9. The van der Waals surface area contributed by atoms with Crippen molar-refractivity contribution >= 4 is 102 Å². The summed E-state index contributed by atoms with van der Waals surface area (Å²) in [6.45, 7) is 17.7. The third-order valence-electron chi connectivity index (χ3n) is 25.0. The molecule has 9 aromatic rings. The highest BCUT2D eigenvalue weighted by Gasteiger charge is 2.52. The number of aromatic hydroxyl groups is 1. The Morgan fingerprint density at radius 1 is 0.446 bits per heavy atom. The first kappa shape index (κ1) is 97.2. The molecule has 3 fully saturated rings. The predicted molar refractivity (Wildman–Crippen MR) is 493 cm³/mol. The van der Waals surface area contributed by atoms with Gasteiger partial charge in [0, 0.05) is 120 Å². The number of thioether (sulfide) groups is 3. The van der Waals surface area contributed by atoms with Gasteiger partial charge in [-0.15, -0.1) is 35.3 Å². The number of fused-ring (bicyclic) bond motifs is 12. The molecule has 18 rings (SSSR count). The van der Waals surface area contributed by atoms with Gasteiger partial charge in [-0.2, -0.15) is 0 Å². The number of carbonyl (C=O) groups is 3. The molecular weight excluding hydrogens is 1870 g/mol. The molecule has 3 saturated heterocycles. The van der Waals surface area contributed by atoms with Crippen LogP contribution in [0.1, 0.15) is 181 Å². The second kappa shape index (κ2) is 41.3. The summed E-state index contributed by atoms with van der Waals surface area (Å²) in [6.07, 6.45) is 8.40. The van der Waals surface area contributed by atoms with Crippen LogP contribution in [-0.2, 0) is 40.6 Å². The number of carbonyl (C=O) groups excluding carboxylic acids is 3. The predicted octanol–water partition coefficient (Wildman–Crippen LogP) is 13.1. The first-order chi connectivity index (χ1) is 62.2. The zero-order valence-electron chi connectivity index (χ0n) is 72.9. The number of rotatable bonds is 19. The smallest absolute Gasteiger partial charge is 0.278 e. The summed E-state index contributed by atoms with van der Waals surface area (Å²) in [4.78, 5) is 98.9. The molecule has 3 unspecified atom stereocenters. The van der Waals surface area contributed by atoms with Crippen molar-refractivity contribution in [3.63, 3.8) is 0 Å². The molecule has 24 nitrogen and oxygen atoms in total. The van der Waals surface area contributed by atoms with Gasteiger partial charge in [0.1, 0.15) is 32.8 Å². The van der Waals surface area contributed by atoms with Crippen LogP contribution in [-0.4, -0.2) is 184 Å². The van der Waals surface area contributed by atoms with Crippen molar-refractivity contribution in [3.05, 3.63) is 265 Å². The molecule has 694 valence electrons. The van der Waals surface area contributed by atoms with Crippen LogP contribution in [0.15, 0.2) is 161 Å². The molecular formula is C92H101BrF7N9O15P3S3-. The normalized spacial score (nSPS) is 19.3. The minimum atomic E-state index is -3.21. The van der Waals surface area contributed by atoms with Crippen LogP contribution in [0.2, 0.25) is 0 Å². The minimum Gasteiger partial charge on any atom is -1.00 e.